The van der Waals surface area contributed by atoms with Crippen LogP contribution < -0.4 is 0 Å². The van der Waals surface area contributed by atoms with Crippen molar-refractivity contribution < 1.29 is 13.6 Å². The largest absolute Gasteiger partial charge is 0.414 e. The molecule has 5 nitrogen and oxygen atoms in total. The number of halogens is 1. The first-order chi connectivity index (χ1) is 11.6. The van der Waals surface area contributed by atoms with Gasteiger partial charge < -0.3 is 9.32 Å². The number of H-pyrrole nitrogens is 1. The average molecular weight is 347 g/mol. The zero-order valence-electron chi connectivity index (χ0n) is 13.1. The maximum absolute atomic E-state index is 13.1. The number of carbonyl (C=O) groups excluding carboxylic acids is 1. The molecule has 1 aromatic carbocycles. The van der Waals surface area contributed by atoms with Crippen molar-refractivity contribution in [2.75, 3.05) is 13.1 Å². The number of aromatic nitrogens is 2. The number of hydrogen-bond donors (Lipinski definition) is 1. The molecule has 0 spiro atoms. The fourth-order valence-corrected chi connectivity index (χ4v) is 3.70. The lowest BCUT2D eigenvalue weighted by Crippen LogP contribution is -2.43. The molecule has 1 aliphatic carbocycles. The lowest BCUT2D eigenvalue weighted by Gasteiger charge is -2.33. The van der Waals surface area contributed by atoms with Gasteiger partial charge in [0.25, 0.3) is 4.84 Å². The Morgan fingerprint density at radius 1 is 1.29 bits per heavy atom. The van der Waals surface area contributed by atoms with Gasteiger partial charge in [0.1, 0.15) is 5.82 Å². The zero-order chi connectivity index (χ0) is 16.7. The topological polar surface area (TPSA) is 62.1 Å². The molecular weight excluding hydrogens is 329 g/mol. The second-order valence-electron chi connectivity index (χ2n) is 6.61. The van der Waals surface area contributed by atoms with Gasteiger partial charge in [0.2, 0.25) is 11.8 Å². The van der Waals surface area contributed by atoms with Crippen molar-refractivity contribution in [1.82, 2.24) is 15.1 Å². The van der Waals surface area contributed by atoms with Gasteiger partial charge in [-0.25, -0.2) is 9.49 Å². The molecule has 2 aliphatic rings. The molecule has 1 aromatic heterocycles. The SMILES string of the molecule is O=C(N1CCC(c2n[nH]c(=S)o2)CC1)C1(c2ccc(F)cc2)CC1. The molecule has 0 bridgehead atoms. The van der Waals surface area contributed by atoms with Crippen LogP contribution in [0, 0.1) is 10.7 Å². The van der Waals surface area contributed by atoms with Gasteiger partial charge in [-0.15, -0.1) is 5.10 Å². The van der Waals surface area contributed by atoms with E-state index in [-0.39, 0.29) is 22.5 Å². The van der Waals surface area contributed by atoms with Gasteiger partial charge in [-0.3, -0.25) is 4.79 Å². The Kier molecular flexibility index (Phi) is 3.75. The van der Waals surface area contributed by atoms with Crippen molar-refractivity contribution in [3.05, 3.63) is 46.4 Å². The predicted octanol–water partition coefficient (Wildman–Crippen LogP) is 3.31. The Bertz CT molecular complexity index is 802. The van der Waals surface area contributed by atoms with Crippen LogP contribution in [0.4, 0.5) is 4.39 Å². The number of benzene rings is 1. The van der Waals surface area contributed by atoms with Crippen molar-refractivity contribution in [3.63, 3.8) is 0 Å². The van der Waals surface area contributed by atoms with E-state index in [2.05, 4.69) is 10.2 Å². The minimum atomic E-state index is -0.439. The molecule has 1 aliphatic heterocycles. The maximum Gasteiger partial charge on any atom is 0.284 e. The van der Waals surface area contributed by atoms with E-state index in [9.17, 15) is 9.18 Å². The van der Waals surface area contributed by atoms with E-state index < -0.39 is 5.41 Å². The molecule has 2 fully saturated rings. The first-order valence-corrected chi connectivity index (χ1v) is 8.60. The highest BCUT2D eigenvalue weighted by atomic mass is 32.1. The molecule has 4 rings (SSSR count). The fraction of sp³-hybridized carbons (Fsp3) is 0.471. The second kappa shape index (κ2) is 5.81. The predicted molar refractivity (Wildman–Crippen MR) is 87.6 cm³/mol. The van der Waals surface area contributed by atoms with Crippen LogP contribution in [-0.2, 0) is 10.2 Å². The monoisotopic (exact) mass is 347 g/mol. The van der Waals surface area contributed by atoms with Crippen LogP contribution in [0.25, 0.3) is 0 Å². The highest BCUT2D eigenvalue weighted by Crippen LogP contribution is 2.50. The Morgan fingerprint density at radius 3 is 2.50 bits per heavy atom. The van der Waals surface area contributed by atoms with E-state index in [1.807, 2.05) is 4.90 Å². The van der Waals surface area contributed by atoms with Crippen LogP contribution >= 0.6 is 12.2 Å². The molecule has 1 saturated heterocycles. The van der Waals surface area contributed by atoms with Crippen molar-refractivity contribution in [2.45, 2.75) is 37.0 Å². The molecule has 7 heteroatoms. The quantitative estimate of drug-likeness (QED) is 0.866. The number of likely N-dealkylation sites (tertiary alicyclic amines) is 1. The van der Waals surface area contributed by atoms with E-state index in [0.29, 0.717) is 19.0 Å². The molecule has 1 saturated carbocycles. The summed E-state index contributed by atoms with van der Waals surface area (Å²) in [5, 5.41) is 6.74. The van der Waals surface area contributed by atoms with Gasteiger partial charge in [0.15, 0.2) is 0 Å². The lowest BCUT2D eigenvalue weighted by atomic mass is 9.91. The minimum absolute atomic E-state index is 0.162. The number of nitrogens with one attached hydrogen (secondary N) is 1. The first-order valence-electron chi connectivity index (χ1n) is 8.19. The van der Waals surface area contributed by atoms with Crippen molar-refractivity contribution in [2.24, 2.45) is 0 Å². The molecule has 2 aromatic rings. The highest BCUT2D eigenvalue weighted by Gasteiger charge is 2.53. The number of piperidine rings is 1. The van der Waals surface area contributed by atoms with Crippen LogP contribution in [0.2, 0.25) is 0 Å². The summed E-state index contributed by atoms with van der Waals surface area (Å²) in [6, 6.07) is 6.34. The summed E-state index contributed by atoms with van der Waals surface area (Å²) in [7, 11) is 0. The third-order valence-corrected chi connectivity index (χ3v) is 5.32. The minimum Gasteiger partial charge on any atom is -0.414 e. The van der Waals surface area contributed by atoms with Gasteiger partial charge in [-0.1, -0.05) is 12.1 Å². The summed E-state index contributed by atoms with van der Waals surface area (Å²) < 4.78 is 18.5. The van der Waals surface area contributed by atoms with Crippen molar-refractivity contribution in [1.29, 1.82) is 0 Å². The summed E-state index contributed by atoms with van der Waals surface area (Å²) in [5.41, 5.74) is 0.486. The van der Waals surface area contributed by atoms with Gasteiger partial charge >= 0.3 is 0 Å². The molecule has 126 valence electrons. The van der Waals surface area contributed by atoms with E-state index in [4.69, 9.17) is 16.6 Å². The van der Waals surface area contributed by atoms with Gasteiger partial charge in [-0.05, 0) is 55.6 Å². The summed E-state index contributed by atoms with van der Waals surface area (Å²) >= 11 is 4.91. The Balaban J connectivity index is 1.45. The highest BCUT2D eigenvalue weighted by molar-refractivity contribution is 7.71. The molecule has 1 amide bonds. The summed E-state index contributed by atoms with van der Waals surface area (Å²) in [4.78, 5) is 15.2. The molecule has 1 N–H and O–H groups in total. The number of rotatable bonds is 3. The normalized spacial score (nSPS) is 20.1. The van der Waals surface area contributed by atoms with Crippen LogP contribution in [-0.4, -0.2) is 34.1 Å². The average Bonchev–Trinajstić information content (AvgIpc) is 3.30. The summed E-state index contributed by atoms with van der Waals surface area (Å²) in [6.07, 6.45) is 3.31. The Hall–Kier alpha value is -2.02. The van der Waals surface area contributed by atoms with Gasteiger partial charge in [0, 0.05) is 19.0 Å². The van der Waals surface area contributed by atoms with Crippen LogP contribution in [0.3, 0.4) is 0 Å². The number of hydrogen-bond acceptors (Lipinski definition) is 4. The van der Waals surface area contributed by atoms with Crippen LogP contribution in [0.15, 0.2) is 28.7 Å². The molecule has 24 heavy (non-hydrogen) atoms. The van der Waals surface area contributed by atoms with Crippen LogP contribution in [0.5, 0.6) is 0 Å². The molecular formula is C17H18FN3O2S. The molecule has 0 atom stereocenters. The van der Waals surface area contributed by atoms with Crippen molar-refractivity contribution >= 4 is 18.1 Å². The number of aromatic amines is 1. The summed E-state index contributed by atoms with van der Waals surface area (Å²) in [5.74, 6) is 0.719. The standard InChI is InChI=1S/C17H18FN3O2S/c18-13-3-1-12(2-4-13)17(7-8-17)15(22)21-9-5-11(6-10-21)14-19-20-16(24)23-14/h1-4,11H,5-10H2,(H,20,24). The van der Waals surface area contributed by atoms with Gasteiger partial charge in [0.05, 0.1) is 5.41 Å². The molecule has 0 unspecified atom stereocenters. The van der Waals surface area contributed by atoms with Crippen LogP contribution in [0.1, 0.15) is 43.1 Å². The van der Waals surface area contributed by atoms with E-state index in [1.165, 1.54) is 12.1 Å². The zero-order valence-corrected chi connectivity index (χ0v) is 13.9. The lowest BCUT2D eigenvalue weighted by molar-refractivity contribution is -0.135. The van der Waals surface area contributed by atoms with E-state index >= 15 is 0 Å². The molecule has 2 heterocycles. The van der Waals surface area contributed by atoms with Crippen molar-refractivity contribution in [3.8, 4) is 0 Å². The third-order valence-electron chi connectivity index (χ3n) is 5.14. The summed E-state index contributed by atoms with van der Waals surface area (Å²) in [6.45, 7) is 1.36. The van der Waals surface area contributed by atoms with E-state index in [0.717, 1.165) is 31.2 Å². The number of nitrogens with zero attached hydrogens (tertiary/aromatic N) is 2. The smallest absolute Gasteiger partial charge is 0.284 e. The number of amides is 1. The Morgan fingerprint density at radius 2 is 1.96 bits per heavy atom. The second-order valence-corrected chi connectivity index (χ2v) is 6.98. The maximum atomic E-state index is 13.1. The number of carbonyl (C=O) groups is 1. The molecule has 0 radical (unpaired) electrons. The Labute approximate surface area is 143 Å². The third kappa shape index (κ3) is 2.66. The fourth-order valence-electron chi connectivity index (χ4n) is 3.57. The van der Waals surface area contributed by atoms with E-state index in [1.54, 1.807) is 12.1 Å². The van der Waals surface area contributed by atoms with Gasteiger partial charge in [-0.2, -0.15) is 0 Å². The first kappa shape index (κ1) is 15.5.